The molecule has 0 amide bonds. The molecule has 0 rings (SSSR count). The van der Waals surface area contributed by atoms with Gasteiger partial charge in [-0.15, -0.1) is 0 Å². The summed E-state index contributed by atoms with van der Waals surface area (Å²) in [6.07, 6.45) is 18.7. The van der Waals surface area contributed by atoms with Crippen LogP contribution in [0, 0.1) is 0 Å². The van der Waals surface area contributed by atoms with E-state index in [0.29, 0.717) is 12.8 Å². The Bertz CT molecular complexity index is 413. The van der Waals surface area contributed by atoms with Gasteiger partial charge in [-0.05, 0) is 26.2 Å². The van der Waals surface area contributed by atoms with E-state index in [0.717, 1.165) is 64.2 Å². The summed E-state index contributed by atoms with van der Waals surface area (Å²) in [5, 5.41) is 8.53. The molecule has 0 saturated heterocycles. The van der Waals surface area contributed by atoms with E-state index < -0.39 is 15.4 Å². The van der Waals surface area contributed by atoms with Crippen LogP contribution >= 0.6 is 0 Å². The van der Waals surface area contributed by atoms with Gasteiger partial charge in [0.2, 0.25) is 0 Å². The van der Waals surface area contributed by atoms with E-state index in [4.69, 9.17) is 0 Å². The summed E-state index contributed by atoms with van der Waals surface area (Å²) in [5.41, 5.74) is 0. The van der Waals surface area contributed by atoms with Crippen molar-refractivity contribution >= 4 is 10.1 Å². The van der Waals surface area contributed by atoms with Crippen molar-refractivity contribution in [1.82, 2.24) is 0 Å². The number of hydrogen-bond donors (Lipinski definition) is 1. The maximum atomic E-state index is 11.5. The maximum Gasteiger partial charge on any atom is 1.00 e. The summed E-state index contributed by atoms with van der Waals surface area (Å²) in [6, 6.07) is 0. The molecule has 2 atom stereocenters. The van der Waals surface area contributed by atoms with Crippen LogP contribution in [0.15, 0.2) is 0 Å². The van der Waals surface area contributed by atoms with Crippen LogP contribution in [-0.2, 0) is 10.1 Å². The second-order valence-corrected chi connectivity index (χ2v) is 9.93. The fraction of sp³-hybridized carbons (Fsp3) is 1.00. The molecule has 2 unspecified atom stereocenters. The average Bonchev–Trinajstić information content (AvgIpc) is 2.59. The molecule has 1 N–H and O–H groups in total. The largest absolute Gasteiger partial charge is 1.00 e. The monoisotopic (exact) mass is 428 g/mol. The van der Waals surface area contributed by atoms with E-state index in [1.807, 2.05) is 6.92 Å². The molecule has 0 aliphatic rings. The van der Waals surface area contributed by atoms with E-state index in [1.165, 1.54) is 38.5 Å². The molecule has 0 aliphatic heterocycles. The normalized spacial score (nSPS) is 13.9. The fourth-order valence-electron chi connectivity index (χ4n) is 3.63. The molecule has 0 radical (unpaired) electrons. The maximum absolute atomic E-state index is 11.5. The Labute approximate surface area is 197 Å². The van der Waals surface area contributed by atoms with Crippen LogP contribution in [0.25, 0.3) is 0 Å². The Morgan fingerprint density at radius 3 is 1.32 bits per heavy atom. The number of hydrogen-bond acceptors (Lipinski definition) is 4. The molecule has 0 bridgehead atoms. The van der Waals surface area contributed by atoms with Crippen LogP contribution < -0.4 is 29.6 Å². The zero-order valence-electron chi connectivity index (χ0n) is 19.0. The zero-order valence-corrected chi connectivity index (χ0v) is 21.8. The molecule has 6 heteroatoms. The molecule has 0 aliphatic carbocycles. The third-order valence-corrected chi connectivity index (χ3v) is 6.72. The first kappa shape index (κ1) is 31.1. The summed E-state index contributed by atoms with van der Waals surface area (Å²) < 4.78 is 34.5. The number of aliphatic hydroxyl groups excluding tert-OH is 1. The SMILES string of the molecule is CCCCCCCCCCC(CCCCCCCCCC(C)O)S(=O)(=O)[O-].[Na+]. The molecule has 0 aromatic heterocycles. The second kappa shape index (κ2) is 21.1. The molecular weight excluding hydrogens is 383 g/mol. The molecule has 0 spiro atoms. The van der Waals surface area contributed by atoms with Crippen molar-refractivity contribution in [3.05, 3.63) is 0 Å². The standard InChI is InChI=1S/C22H46O4S.Na/c1-3-4-5-6-7-10-13-16-19-22(27(24,25)26)20-17-14-11-8-9-12-15-18-21(2)23;/h21-23H,3-20H2,1-2H3,(H,24,25,26);/q;+1/p-1. The summed E-state index contributed by atoms with van der Waals surface area (Å²) in [6.45, 7) is 4.04. The quantitative estimate of drug-likeness (QED) is 0.183. The predicted octanol–water partition coefficient (Wildman–Crippen LogP) is 3.33. The van der Waals surface area contributed by atoms with Crippen molar-refractivity contribution in [1.29, 1.82) is 0 Å². The van der Waals surface area contributed by atoms with E-state index in [2.05, 4.69) is 6.92 Å². The van der Waals surface area contributed by atoms with Crippen LogP contribution in [0.1, 0.15) is 129 Å². The minimum Gasteiger partial charge on any atom is -0.748 e. The van der Waals surface area contributed by atoms with Gasteiger partial charge in [-0.3, -0.25) is 0 Å². The van der Waals surface area contributed by atoms with Gasteiger partial charge < -0.3 is 9.66 Å². The molecular formula is C22H45NaO4S. The summed E-state index contributed by atoms with van der Waals surface area (Å²) >= 11 is 0. The molecule has 0 fully saturated rings. The van der Waals surface area contributed by atoms with Gasteiger partial charge in [0.25, 0.3) is 0 Å². The van der Waals surface area contributed by atoms with Crippen LogP contribution in [0.2, 0.25) is 0 Å². The predicted molar refractivity (Wildman–Crippen MR) is 114 cm³/mol. The summed E-state index contributed by atoms with van der Waals surface area (Å²) in [4.78, 5) is 0. The summed E-state index contributed by atoms with van der Waals surface area (Å²) in [5.74, 6) is 0. The first-order valence-electron chi connectivity index (χ1n) is 11.5. The Morgan fingerprint density at radius 2 is 1.00 bits per heavy atom. The van der Waals surface area contributed by atoms with Crippen LogP contribution in [-0.4, -0.2) is 29.4 Å². The second-order valence-electron chi connectivity index (χ2n) is 8.28. The van der Waals surface area contributed by atoms with Gasteiger partial charge in [-0.1, -0.05) is 103 Å². The van der Waals surface area contributed by atoms with Crippen molar-refractivity contribution in [2.45, 2.75) is 141 Å². The molecule has 0 heterocycles. The minimum atomic E-state index is -4.16. The van der Waals surface area contributed by atoms with Crippen molar-refractivity contribution < 1.29 is 47.6 Å². The third-order valence-electron chi connectivity index (χ3n) is 5.44. The topological polar surface area (TPSA) is 77.4 Å². The Balaban J connectivity index is 0. The van der Waals surface area contributed by atoms with Crippen molar-refractivity contribution in [3.63, 3.8) is 0 Å². The smallest absolute Gasteiger partial charge is 0.748 e. The molecule has 0 aromatic rings. The molecule has 0 aromatic carbocycles. The van der Waals surface area contributed by atoms with Gasteiger partial charge in [-0.2, -0.15) is 0 Å². The fourth-order valence-corrected chi connectivity index (χ4v) is 4.55. The average molecular weight is 429 g/mol. The van der Waals surface area contributed by atoms with Gasteiger partial charge in [0.1, 0.15) is 0 Å². The minimum absolute atomic E-state index is 0. The van der Waals surface area contributed by atoms with E-state index in [9.17, 15) is 18.1 Å². The van der Waals surface area contributed by atoms with Crippen molar-refractivity contribution in [2.24, 2.45) is 0 Å². The van der Waals surface area contributed by atoms with Gasteiger partial charge in [0.15, 0.2) is 0 Å². The Hall–Kier alpha value is 0.870. The first-order chi connectivity index (χ1) is 12.9. The number of rotatable bonds is 20. The van der Waals surface area contributed by atoms with Crippen LogP contribution in [0.5, 0.6) is 0 Å². The molecule has 4 nitrogen and oxygen atoms in total. The van der Waals surface area contributed by atoms with E-state index >= 15 is 0 Å². The van der Waals surface area contributed by atoms with E-state index in [-0.39, 0.29) is 35.7 Å². The molecule has 28 heavy (non-hydrogen) atoms. The zero-order chi connectivity index (χ0) is 20.4. The Morgan fingerprint density at radius 1 is 0.679 bits per heavy atom. The van der Waals surface area contributed by atoms with Gasteiger partial charge >= 0.3 is 29.6 Å². The van der Waals surface area contributed by atoms with Crippen LogP contribution in [0.3, 0.4) is 0 Å². The van der Waals surface area contributed by atoms with Gasteiger partial charge in [-0.25, -0.2) is 8.42 Å². The first-order valence-corrected chi connectivity index (χ1v) is 13.0. The van der Waals surface area contributed by atoms with Gasteiger partial charge in [0, 0.05) is 5.25 Å². The summed E-state index contributed by atoms with van der Waals surface area (Å²) in [7, 11) is -4.16. The van der Waals surface area contributed by atoms with E-state index in [1.54, 1.807) is 0 Å². The van der Waals surface area contributed by atoms with Crippen molar-refractivity contribution in [2.75, 3.05) is 0 Å². The van der Waals surface area contributed by atoms with Gasteiger partial charge in [0.05, 0.1) is 16.2 Å². The molecule has 164 valence electrons. The third kappa shape index (κ3) is 21.6. The number of aliphatic hydroxyl groups is 1. The Kier molecular flexibility index (Phi) is 23.4. The van der Waals surface area contributed by atoms with Crippen LogP contribution in [0.4, 0.5) is 0 Å². The number of unbranched alkanes of at least 4 members (excludes halogenated alkanes) is 13. The van der Waals surface area contributed by atoms with Crippen molar-refractivity contribution in [3.8, 4) is 0 Å². The molecule has 0 saturated carbocycles.